The summed E-state index contributed by atoms with van der Waals surface area (Å²) in [4.78, 5) is 0.285. The molecule has 102 valence electrons. The maximum Gasteiger partial charge on any atom is 0.175 e. The van der Waals surface area contributed by atoms with Gasteiger partial charge in [-0.3, -0.25) is 0 Å². The standard InChI is InChI=1S/C16H14O3S/c1-4-12-5-10-16(19-2)15(11-12)13-6-8-14(9-7-13)20(3,17)18/h1,5-11H,2-3H3. The number of hydrogen-bond acceptors (Lipinski definition) is 3. The van der Waals surface area contributed by atoms with Gasteiger partial charge in [-0.2, -0.15) is 0 Å². The second-order valence-electron chi connectivity index (χ2n) is 4.36. The van der Waals surface area contributed by atoms with Gasteiger partial charge in [0.1, 0.15) is 5.75 Å². The van der Waals surface area contributed by atoms with Crippen LogP contribution in [0.1, 0.15) is 5.56 Å². The van der Waals surface area contributed by atoms with Crippen molar-refractivity contribution in [3.8, 4) is 29.2 Å². The highest BCUT2D eigenvalue weighted by Gasteiger charge is 2.10. The lowest BCUT2D eigenvalue weighted by Crippen LogP contribution is -1.96. The molecule has 3 nitrogen and oxygen atoms in total. The van der Waals surface area contributed by atoms with Gasteiger partial charge in [0.2, 0.25) is 0 Å². The Kier molecular flexibility index (Phi) is 3.82. The lowest BCUT2D eigenvalue weighted by molar-refractivity contribution is 0.416. The first kappa shape index (κ1) is 14.2. The predicted molar refractivity (Wildman–Crippen MR) is 79.5 cm³/mol. The number of terminal acetylenes is 1. The van der Waals surface area contributed by atoms with Gasteiger partial charge in [-0.25, -0.2) is 8.42 Å². The molecule has 0 aromatic heterocycles. The van der Waals surface area contributed by atoms with Crippen LogP contribution in [0.2, 0.25) is 0 Å². The molecule has 0 fully saturated rings. The van der Waals surface area contributed by atoms with Gasteiger partial charge in [0, 0.05) is 17.4 Å². The summed E-state index contributed by atoms with van der Waals surface area (Å²) in [5, 5.41) is 0. The summed E-state index contributed by atoms with van der Waals surface area (Å²) in [6.45, 7) is 0. The molecule has 0 radical (unpaired) electrons. The van der Waals surface area contributed by atoms with E-state index in [1.165, 1.54) is 6.26 Å². The van der Waals surface area contributed by atoms with E-state index in [2.05, 4.69) is 5.92 Å². The van der Waals surface area contributed by atoms with Crippen LogP contribution in [0, 0.1) is 12.3 Å². The predicted octanol–water partition coefficient (Wildman–Crippen LogP) is 2.75. The minimum Gasteiger partial charge on any atom is -0.496 e. The number of methoxy groups -OCH3 is 1. The van der Waals surface area contributed by atoms with Crippen molar-refractivity contribution in [3.05, 3.63) is 48.0 Å². The third kappa shape index (κ3) is 2.84. The monoisotopic (exact) mass is 286 g/mol. The van der Waals surface area contributed by atoms with Crippen molar-refractivity contribution < 1.29 is 13.2 Å². The van der Waals surface area contributed by atoms with E-state index in [4.69, 9.17) is 11.2 Å². The molecule has 0 atom stereocenters. The normalized spacial score (nSPS) is 10.8. The molecule has 4 heteroatoms. The second kappa shape index (κ2) is 5.40. The Morgan fingerprint density at radius 2 is 1.75 bits per heavy atom. The van der Waals surface area contributed by atoms with E-state index in [1.54, 1.807) is 43.5 Å². The van der Waals surface area contributed by atoms with Crippen molar-refractivity contribution in [1.82, 2.24) is 0 Å². The van der Waals surface area contributed by atoms with Crippen molar-refractivity contribution in [2.24, 2.45) is 0 Å². The smallest absolute Gasteiger partial charge is 0.175 e. The van der Waals surface area contributed by atoms with Crippen LogP contribution < -0.4 is 4.74 Å². The fraction of sp³-hybridized carbons (Fsp3) is 0.125. The van der Waals surface area contributed by atoms with Crippen LogP contribution in [0.4, 0.5) is 0 Å². The van der Waals surface area contributed by atoms with Gasteiger partial charge in [0.25, 0.3) is 0 Å². The van der Waals surface area contributed by atoms with Crippen molar-refractivity contribution in [3.63, 3.8) is 0 Å². The molecule has 0 saturated carbocycles. The zero-order valence-electron chi connectivity index (χ0n) is 11.3. The SMILES string of the molecule is C#Cc1ccc(OC)c(-c2ccc(S(C)(=O)=O)cc2)c1. The molecule has 0 saturated heterocycles. The molecule has 2 rings (SSSR count). The first-order valence-corrected chi connectivity index (χ1v) is 7.80. The third-order valence-corrected chi connectivity index (χ3v) is 4.09. The third-order valence-electron chi connectivity index (χ3n) is 2.96. The molecule has 0 aliphatic rings. The molecule has 0 bridgehead atoms. The number of sulfone groups is 1. The highest BCUT2D eigenvalue weighted by atomic mass is 32.2. The van der Waals surface area contributed by atoms with Crippen LogP contribution in [0.3, 0.4) is 0 Å². The number of benzene rings is 2. The minimum atomic E-state index is -3.19. The Labute approximate surface area is 119 Å². The summed E-state index contributed by atoms with van der Waals surface area (Å²) in [6, 6.07) is 12.1. The quantitative estimate of drug-likeness (QED) is 0.815. The zero-order valence-corrected chi connectivity index (χ0v) is 12.1. The zero-order chi connectivity index (χ0) is 14.8. The first-order valence-electron chi connectivity index (χ1n) is 5.91. The van der Waals surface area contributed by atoms with Gasteiger partial charge in [-0.1, -0.05) is 18.1 Å². The lowest BCUT2D eigenvalue weighted by atomic mass is 10.0. The Balaban J connectivity index is 2.54. The molecule has 0 aliphatic carbocycles. The summed E-state index contributed by atoms with van der Waals surface area (Å²) >= 11 is 0. The Morgan fingerprint density at radius 1 is 1.10 bits per heavy atom. The molecule has 0 N–H and O–H groups in total. The van der Waals surface area contributed by atoms with Crippen molar-refractivity contribution >= 4 is 9.84 Å². The summed E-state index contributed by atoms with van der Waals surface area (Å²) in [6.07, 6.45) is 6.58. The summed E-state index contributed by atoms with van der Waals surface area (Å²) in [7, 11) is -1.61. The molecule has 0 unspecified atom stereocenters. The van der Waals surface area contributed by atoms with Crippen LogP contribution in [0.25, 0.3) is 11.1 Å². The molecule has 0 amide bonds. The van der Waals surface area contributed by atoms with E-state index in [0.29, 0.717) is 5.75 Å². The second-order valence-corrected chi connectivity index (χ2v) is 6.37. The van der Waals surface area contributed by atoms with E-state index in [1.807, 2.05) is 6.07 Å². The largest absolute Gasteiger partial charge is 0.496 e. The average Bonchev–Trinajstić information content (AvgIpc) is 2.45. The number of hydrogen-bond donors (Lipinski definition) is 0. The van der Waals surface area contributed by atoms with Crippen molar-refractivity contribution in [2.45, 2.75) is 4.90 Å². The van der Waals surface area contributed by atoms with E-state index in [-0.39, 0.29) is 4.90 Å². The number of ether oxygens (including phenoxy) is 1. The van der Waals surface area contributed by atoms with Gasteiger partial charge in [-0.15, -0.1) is 6.42 Å². The lowest BCUT2D eigenvalue weighted by Gasteiger charge is -2.10. The van der Waals surface area contributed by atoms with E-state index in [0.717, 1.165) is 16.7 Å². The minimum absolute atomic E-state index is 0.285. The Hall–Kier alpha value is -2.25. The van der Waals surface area contributed by atoms with Gasteiger partial charge >= 0.3 is 0 Å². The molecule has 20 heavy (non-hydrogen) atoms. The van der Waals surface area contributed by atoms with Gasteiger partial charge in [-0.05, 0) is 35.9 Å². The van der Waals surface area contributed by atoms with E-state index in [9.17, 15) is 8.42 Å². The molecule has 0 aliphatic heterocycles. The molecule has 2 aromatic rings. The maximum absolute atomic E-state index is 11.5. The fourth-order valence-electron chi connectivity index (χ4n) is 1.91. The first-order chi connectivity index (χ1) is 9.45. The highest BCUT2D eigenvalue weighted by Crippen LogP contribution is 2.31. The van der Waals surface area contributed by atoms with Gasteiger partial charge < -0.3 is 4.74 Å². The Bertz CT molecular complexity index is 766. The van der Waals surface area contributed by atoms with Gasteiger partial charge in [0.15, 0.2) is 9.84 Å². The van der Waals surface area contributed by atoms with E-state index < -0.39 is 9.84 Å². The van der Waals surface area contributed by atoms with Crippen LogP contribution in [0.5, 0.6) is 5.75 Å². The van der Waals surface area contributed by atoms with Gasteiger partial charge in [0.05, 0.1) is 12.0 Å². The molecular weight excluding hydrogens is 272 g/mol. The van der Waals surface area contributed by atoms with Crippen molar-refractivity contribution in [1.29, 1.82) is 0 Å². The van der Waals surface area contributed by atoms with Crippen LogP contribution in [-0.2, 0) is 9.84 Å². The van der Waals surface area contributed by atoms with Crippen LogP contribution in [-0.4, -0.2) is 21.8 Å². The fourth-order valence-corrected chi connectivity index (χ4v) is 2.54. The summed E-state index contributed by atoms with van der Waals surface area (Å²) in [5.41, 5.74) is 2.43. The number of rotatable bonds is 3. The maximum atomic E-state index is 11.5. The Morgan fingerprint density at radius 3 is 2.25 bits per heavy atom. The molecule has 0 heterocycles. The summed E-state index contributed by atoms with van der Waals surface area (Å²) in [5.74, 6) is 3.26. The molecular formula is C16H14O3S. The van der Waals surface area contributed by atoms with E-state index >= 15 is 0 Å². The van der Waals surface area contributed by atoms with Crippen molar-refractivity contribution in [2.75, 3.05) is 13.4 Å². The summed E-state index contributed by atoms with van der Waals surface area (Å²) < 4.78 is 28.2. The molecule has 2 aromatic carbocycles. The van der Waals surface area contributed by atoms with Crippen LogP contribution in [0.15, 0.2) is 47.4 Å². The average molecular weight is 286 g/mol. The molecule has 0 spiro atoms. The topological polar surface area (TPSA) is 43.4 Å². The van der Waals surface area contributed by atoms with Crippen LogP contribution >= 0.6 is 0 Å². The highest BCUT2D eigenvalue weighted by molar-refractivity contribution is 7.90.